The van der Waals surface area contributed by atoms with E-state index in [9.17, 15) is 4.79 Å². The fourth-order valence-electron chi connectivity index (χ4n) is 0.909. The number of carbonyl (C=O) groups is 1. The van der Waals surface area contributed by atoms with Gasteiger partial charge in [-0.3, -0.25) is 9.78 Å². The molecule has 0 aliphatic carbocycles. The van der Waals surface area contributed by atoms with Crippen molar-refractivity contribution in [2.45, 2.75) is 12.5 Å². The number of carboxylic acids is 1. The smallest absolute Gasteiger partial charge is 0.320 e. The quantitative estimate of drug-likeness (QED) is 0.825. The molecule has 1 aromatic rings. The summed E-state index contributed by atoms with van der Waals surface area (Å²) in [6, 6.07) is 0.937. The van der Waals surface area contributed by atoms with Crippen LogP contribution in [0.5, 0.6) is 0 Å². The van der Waals surface area contributed by atoms with Crippen molar-refractivity contribution in [3.63, 3.8) is 0 Å². The lowest BCUT2D eigenvalue weighted by Gasteiger charge is -2.05. The average molecular weight is 245 g/mol. The van der Waals surface area contributed by atoms with Gasteiger partial charge in [0.15, 0.2) is 0 Å². The Kier molecular flexibility index (Phi) is 3.39. The van der Waals surface area contributed by atoms with Crippen LogP contribution < -0.4 is 5.73 Å². The van der Waals surface area contributed by atoms with Crippen LogP contribution in [-0.4, -0.2) is 22.1 Å². The molecule has 0 fully saturated rings. The summed E-state index contributed by atoms with van der Waals surface area (Å²) in [6.07, 6.45) is 3.53. The highest BCUT2D eigenvalue weighted by molar-refractivity contribution is 9.10. The highest BCUT2D eigenvalue weighted by Crippen LogP contribution is 2.10. The first kappa shape index (κ1) is 10.1. The van der Waals surface area contributed by atoms with Crippen molar-refractivity contribution >= 4 is 21.9 Å². The monoisotopic (exact) mass is 244 g/mol. The van der Waals surface area contributed by atoms with Crippen LogP contribution in [0.3, 0.4) is 0 Å². The van der Waals surface area contributed by atoms with Gasteiger partial charge in [0.25, 0.3) is 0 Å². The molecule has 1 atom stereocenters. The highest BCUT2D eigenvalue weighted by Gasteiger charge is 2.11. The normalized spacial score (nSPS) is 12.5. The van der Waals surface area contributed by atoms with Gasteiger partial charge in [0.2, 0.25) is 0 Å². The Hall–Kier alpha value is -0.940. The van der Waals surface area contributed by atoms with Gasteiger partial charge in [-0.2, -0.15) is 0 Å². The van der Waals surface area contributed by atoms with Crippen molar-refractivity contribution < 1.29 is 9.90 Å². The van der Waals surface area contributed by atoms with Gasteiger partial charge in [-0.05, 0) is 34.0 Å². The molecule has 13 heavy (non-hydrogen) atoms. The zero-order chi connectivity index (χ0) is 9.84. The number of aromatic nitrogens is 1. The van der Waals surface area contributed by atoms with E-state index < -0.39 is 12.0 Å². The van der Waals surface area contributed by atoms with Crippen molar-refractivity contribution in [2.24, 2.45) is 5.73 Å². The van der Waals surface area contributed by atoms with Crippen LogP contribution in [-0.2, 0) is 11.2 Å². The fraction of sp³-hybridized carbons (Fsp3) is 0.250. The maximum Gasteiger partial charge on any atom is 0.320 e. The summed E-state index contributed by atoms with van der Waals surface area (Å²) in [6.45, 7) is 0. The molecular formula is C8H9BrN2O2. The average Bonchev–Trinajstić information content (AvgIpc) is 2.04. The number of aliphatic carboxylic acids is 1. The third-order valence-electron chi connectivity index (χ3n) is 1.53. The summed E-state index contributed by atoms with van der Waals surface area (Å²) in [7, 11) is 0. The number of rotatable bonds is 3. The minimum atomic E-state index is -1.00. The van der Waals surface area contributed by atoms with Gasteiger partial charge in [0, 0.05) is 16.9 Å². The number of hydrogen-bond donors (Lipinski definition) is 2. The molecule has 5 heteroatoms. The summed E-state index contributed by atoms with van der Waals surface area (Å²) in [5, 5.41) is 8.56. The largest absolute Gasteiger partial charge is 0.480 e. The van der Waals surface area contributed by atoms with E-state index in [0.29, 0.717) is 6.42 Å². The van der Waals surface area contributed by atoms with E-state index in [1.54, 1.807) is 18.5 Å². The number of halogens is 1. The SMILES string of the molecule is N[C@H](Cc1cncc(Br)c1)C(=O)O. The van der Waals surface area contributed by atoms with Gasteiger partial charge in [0.05, 0.1) is 0 Å². The van der Waals surface area contributed by atoms with Crippen LogP contribution >= 0.6 is 15.9 Å². The number of nitrogens with two attached hydrogens (primary N) is 1. The van der Waals surface area contributed by atoms with Crippen LogP contribution in [0.1, 0.15) is 5.56 Å². The van der Waals surface area contributed by atoms with Gasteiger partial charge in [-0.15, -0.1) is 0 Å². The van der Waals surface area contributed by atoms with E-state index in [-0.39, 0.29) is 0 Å². The van der Waals surface area contributed by atoms with Crippen LogP contribution in [0.25, 0.3) is 0 Å². The predicted octanol–water partition coefficient (Wildman–Crippen LogP) is 0.798. The molecule has 0 radical (unpaired) electrons. The second kappa shape index (κ2) is 4.34. The molecule has 0 aliphatic rings. The molecule has 0 unspecified atom stereocenters. The Bertz CT molecular complexity index is 317. The lowest BCUT2D eigenvalue weighted by molar-refractivity contribution is -0.138. The number of carboxylic acid groups (broad SMARTS) is 1. The van der Waals surface area contributed by atoms with E-state index in [0.717, 1.165) is 10.0 Å². The standard InChI is InChI=1S/C8H9BrN2O2/c9-6-1-5(3-11-4-6)2-7(10)8(12)13/h1,3-4,7H,2,10H2,(H,12,13)/t7-/m1/s1. The topological polar surface area (TPSA) is 76.2 Å². The summed E-state index contributed by atoms with van der Waals surface area (Å²) >= 11 is 3.24. The van der Waals surface area contributed by atoms with Gasteiger partial charge >= 0.3 is 5.97 Å². The predicted molar refractivity (Wildman–Crippen MR) is 51.3 cm³/mol. The van der Waals surface area contributed by atoms with E-state index in [1.165, 1.54) is 0 Å². The zero-order valence-electron chi connectivity index (χ0n) is 6.77. The van der Waals surface area contributed by atoms with Crippen molar-refractivity contribution in [1.29, 1.82) is 0 Å². The maximum absolute atomic E-state index is 10.4. The van der Waals surface area contributed by atoms with E-state index >= 15 is 0 Å². The maximum atomic E-state index is 10.4. The first-order valence-electron chi connectivity index (χ1n) is 3.67. The Morgan fingerprint density at radius 3 is 2.92 bits per heavy atom. The van der Waals surface area contributed by atoms with Crippen LogP contribution in [0.4, 0.5) is 0 Å². The molecular weight excluding hydrogens is 236 g/mol. The van der Waals surface area contributed by atoms with E-state index in [2.05, 4.69) is 20.9 Å². The van der Waals surface area contributed by atoms with E-state index in [1.807, 2.05) is 0 Å². The van der Waals surface area contributed by atoms with Crippen molar-refractivity contribution in [1.82, 2.24) is 4.98 Å². The van der Waals surface area contributed by atoms with E-state index in [4.69, 9.17) is 10.8 Å². The third-order valence-corrected chi connectivity index (χ3v) is 1.97. The molecule has 70 valence electrons. The molecule has 0 saturated carbocycles. The Morgan fingerprint density at radius 2 is 2.38 bits per heavy atom. The van der Waals surface area contributed by atoms with Crippen LogP contribution in [0.15, 0.2) is 22.9 Å². The van der Waals surface area contributed by atoms with Gasteiger partial charge in [-0.25, -0.2) is 0 Å². The second-order valence-electron chi connectivity index (χ2n) is 2.66. The lowest BCUT2D eigenvalue weighted by atomic mass is 10.1. The molecule has 0 spiro atoms. The molecule has 0 aromatic carbocycles. The fourth-order valence-corrected chi connectivity index (χ4v) is 1.32. The Balaban J connectivity index is 2.69. The Morgan fingerprint density at radius 1 is 1.69 bits per heavy atom. The molecule has 1 aromatic heterocycles. The summed E-state index contributed by atoms with van der Waals surface area (Å²) in [5.41, 5.74) is 6.17. The molecule has 0 aliphatic heterocycles. The van der Waals surface area contributed by atoms with Gasteiger partial charge in [-0.1, -0.05) is 0 Å². The van der Waals surface area contributed by atoms with Crippen LogP contribution in [0, 0.1) is 0 Å². The molecule has 4 nitrogen and oxygen atoms in total. The summed E-state index contributed by atoms with van der Waals surface area (Å²) in [4.78, 5) is 14.3. The third kappa shape index (κ3) is 3.12. The highest BCUT2D eigenvalue weighted by atomic mass is 79.9. The minimum absolute atomic E-state index is 0.293. The summed E-state index contributed by atoms with van der Waals surface area (Å²) < 4.78 is 0.822. The van der Waals surface area contributed by atoms with Crippen LogP contribution in [0.2, 0.25) is 0 Å². The molecule has 1 heterocycles. The molecule has 3 N–H and O–H groups in total. The Labute approximate surface area is 83.9 Å². The molecule has 1 rings (SSSR count). The van der Waals surface area contributed by atoms with Crippen molar-refractivity contribution in [3.05, 3.63) is 28.5 Å². The number of nitrogens with zero attached hydrogens (tertiary/aromatic N) is 1. The molecule has 0 amide bonds. The molecule has 0 saturated heterocycles. The first-order chi connectivity index (χ1) is 6.09. The van der Waals surface area contributed by atoms with Crippen molar-refractivity contribution in [3.8, 4) is 0 Å². The zero-order valence-corrected chi connectivity index (χ0v) is 8.36. The van der Waals surface area contributed by atoms with Gasteiger partial charge < -0.3 is 10.8 Å². The van der Waals surface area contributed by atoms with Gasteiger partial charge in [0.1, 0.15) is 6.04 Å². The summed E-state index contributed by atoms with van der Waals surface area (Å²) in [5.74, 6) is -1.00. The minimum Gasteiger partial charge on any atom is -0.480 e. The second-order valence-corrected chi connectivity index (χ2v) is 3.58. The molecule has 0 bridgehead atoms. The lowest BCUT2D eigenvalue weighted by Crippen LogP contribution is -2.32. The van der Waals surface area contributed by atoms with Crippen molar-refractivity contribution in [2.75, 3.05) is 0 Å². The number of pyridine rings is 1. The first-order valence-corrected chi connectivity index (χ1v) is 4.46. The number of hydrogen-bond acceptors (Lipinski definition) is 3.